The number of hydrogen-bond acceptors (Lipinski definition) is 4. The van der Waals surface area contributed by atoms with Gasteiger partial charge in [-0.05, 0) is 35.3 Å². The third-order valence-electron chi connectivity index (χ3n) is 6.96. The van der Waals surface area contributed by atoms with E-state index in [0.29, 0.717) is 19.8 Å². The Kier molecular flexibility index (Phi) is 9.72. The lowest BCUT2D eigenvalue weighted by atomic mass is 9.80. The summed E-state index contributed by atoms with van der Waals surface area (Å²) >= 11 is 0. The van der Waals surface area contributed by atoms with Crippen LogP contribution in [0.2, 0.25) is 0 Å². The Morgan fingerprint density at radius 2 is 1.20 bits per heavy atom. The van der Waals surface area contributed by atoms with Crippen LogP contribution < -0.4 is 0 Å². The zero-order valence-corrected chi connectivity index (χ0v) is 22.8. The summed E-state index contributed by atoms with van der Waals surface area (Å²) in [4.78, 5) is 0. The molecule has 0 saturated carbocycles. The summed E-state index contributed by atoms with van der Waals surface area (Å²) < 4.78 is 25.5. The lowest BCUT2D eigenvalue weighted by Crippen LogP contribution is -2.44. The van der Waals surface area contributed by atoms with Crippen molar-refractivity contribution >= 4 is 6.08 Å². The van der Waals surface area contributed by atoms with Crippen molar-refractivity contribution in [2.24, 2.45) is 0 Å². The van der Waals surface area contributed by atoms with Gasteiger partial charge in [0.15, 0.2) is 6.29 Å². The third-order valence-corrected chi connectivity index (χ3v) is 6.96. The van der Waals surface area contributed by atoms with E-state index in [1.54, 1.807) is 0 Å². The number of hydrogen-bond donors (Lipinski definition) is 0. The fraction of sp³-hybridized carbons (Fsp3) is 0.222. The van der Waals surface area contributed by atoms with Crippen LogP contribution in [0, 0.1) is 0 Å². The molecular weight excluding hydrogens is 496 g/mol. The molecule has 3 atom stereocenters. The number of ether oxygens (including phenoxy) is 4. The zero-order valence-electron chi connectivity index (χ0n) is 22.8. The third kappa shape index (κ3) is 6.67. The Morgan fingerprint density at radius 3 is 1.73 bits per heavy atom. The predicted octanol–water partition coefficient (Wildman–Crippen LogP) is 7.41. The molecule has 5 rings (SSSR count). The highest BCUT2D eigenvalue weighted by Gasteiger charge is 2.40. The predicted molar refractivity (Wildman–Crippen MR) is 160 cm³/mol. The Balaban J connectivity index is 1.43. The van der Waals surface area contributed by atoms with Crippen molar-refractivity contribution in [3.8, 4) is 0 Å². The highest BCUT2D eigenvalue weighted by atomic mass is 16.7. The van der Waals surface area contributed by atoms with Gasteiger partial charge in [0.2, 0.25) is 0 Å². The van der Waals surface area contributed by atoms with Gasteiger partial charge >= 0.3 is 0 Å². The van der Waals surface area contributed by atoms with E-state index in [-0.39, 0.29) is 12.2 Å². The molecule has 0 aromatic heterocycles. The maximum Gasteiger partial charge on any atom is 0.177 e. The van der Waals surface area contributed by atoms with Gasteiger partial charge in [0.05, 0.1) is 13.2 Å². The smallest absolute Gasteiger partial charge is 0.177 e. The fourth-order valence-electron chi connectivity index (χ4n) is 5.07. The second-order valence-corrected chi connectivity index (χ2v) is 9.58. The van der Waals surface area contributed by atoms with Crippen LogP contribution in [0.5, 0.6) is 0 Å². The largest absolute Gasteiger partial charge is 0.367 e. The number of rotatable bonds is 12. The molecule has 0 saturated heterocycles. The first-order valence-corrected chi connectivity index (χ1v) is 13.9. The molecule has 0 unspecified atom stereocenters. The molecular formula is C36H36O4. The second-order valence-electron chi connectivity index (χ2n) is 9.58. The molecule has 204 valence electrons. The van der Waals surface area contributed by atoms with Gasteiger partial charge in [-0.3, -0.25) is 0 Å². The van der Waals surface area contributed by atoms with Gasteiger partial charge in [0.25, 0.3) is 0 Å². The molecule has 1 heterocycles. The summed E-state index contributed by atoms with van der Waals surface area (Å²) in [5, 5.41) is 0. The first kappa shape index (κ1) is 27.8. The molecule has 0 fully saturated rings. The molecule has 0 radical (unpaired) electrons. The van der Waals surface area contributed by atoms with E-state index in [2.05, 4.69) is 91.0 Å². The summed E-state index contributed by atoms with van der Waals surface area (Å²) in [7, 11) is 0. The monoisotopic (exact) mass is 532 g/mol. The molecule has 0 bridgehead atoms. The molecule has 4 nitrogen and oxygen atoms in total. The second kappa shape index (κ2) is 14.0. The first-order chi connectivity index (χ1) is 19.8. The van der Waals surface area contributed by atoms with Gasteiger partial charge in [-0.25, -0.2) is 0 Å². The van der Waals surface area contributed by atoms with Gasteiger partial charge in [-0.1, -0.05) is 140 Å². The summed E-state index contributed by atoms with van der Waals surface area (Å²) in [6.07, 6.45) is 6.93. The average molecular weight is 533 g/mol. The van der Waals surface area contributed by atoms with Gasteiger partial charge in [-0.2, -0.15) is 0 Å². The maximum atomic E-state index is 7.05. The van der Waals surface area contributed by atoms with Crippen molar-refractivity contribution in [2.45, 2.75) is 31.0 Å². The number of benzene rings is 4. The van der Waals surface area contributed by atoms with Crippen LogP contribution in [-0.2, 0) is 24.5 Å². The standard InChI is InChI=1S/C36H36O4/c1-2-37-35-26-25-33(38-27-15-18-29-16-7-3-8-17-29)34(40-35)28-39-36(30-19-9-4-10-20-30,31-21-11-5-12-22-31)32-23-13-6-14-24-32/h3-26,33-35H,2,27-28H2,1H3/b18-15+/t33-,34+,35-/m0/s1. The quantitative estimate of drug-likeness (QED) is 0.141. The molecule has 0 N–H and O–H groups in total. The summed E-state index contributed by atoms with van der Waals surface area (Å²) in [5.74, 6) is 0. The highest BCUT2D eigenvalue weighted by Crippen LogP contribution is 2.41. The topological polar surface area (TPSA) is 36.9 Å². The van der Waals surface area contributed by atoms with Gasteiger partial charge in [-0.15, -0.1) is 0 Å². The van der Waals surface area contributed by atoms with Crippen LogP contribution in [0.4, 0.5) is 0 Å². The van der Waals surface area contributed by atoms with E-state index in [9.17, 15) is 0 Å². The first-order valence-electron chi connectivity index (χ1n) is 13.9. The van der Waals surface area contributed by atoms with Crippen molar-refractivity contribution in [2.75, 3.05) is 19.8 Å². The van der Waals surface area contributed by atoms with Gasteiger partial charge < -0.3 is 18.9 Å². The summed E-state index contributed by atoms with van der Waals surface area (Å²) in [6.45, 7) is 3.25. The molecule has 0 amide bonds. The van der Waals surface area contributed by atoms with Gasteiger partial charge in [0, 0.05) is 6.61 Å². The van der Waals surface area contributed by atoms with Crippen molar-refractivity contribution in [3.05, 3.63) is 162 Å². The molecule has 4 heteroatoms. The van der Waals surface area contributed by atoms with Gasteiger partial charge in [0.1, 0.15) is 17.8 Å². The van der Waals surface area contributed by atoms with E-state index in [1.165, 1.54) is 0 Å². The van der Waals surface area contributed by atoms with Crippen LogP contribution in [0.15, 0.2) is 140 Å². The molecule has 0 spiro atoms. The lowest BCUT2D eigenvalue weighted by molar-refractivity contribution is -0.197. The van der Waals surface area contributed by atoms with Crippen LogP contribution in [0.3, 0.4) is 0 Å². The Labute approximate surface area is 237 Å². The van der Waals surface area contributed by atoms with Crippen LogP contribution in [0.1, 0.15) is 29.2 Å². The summed E-state index contributed by atoms with van der Waals surface area (Å²) in [5.41, 5.74) is 3.43. The van der Waals surface area contributed by atoms with Crippen LogP contribution in [-0.4, -0.2) is 38.3 Å². The fourth-order valence-corrected chi connectivity index (χ4v) is 5.07. The van der Waals surface area contributed by atoms with Crippen molar-refractivity contribution in [1.82, 2.24) is 0 Å². The van der Waals surface area contributed by atoms with E-state index in [4.69, 9.17) is 18.9 Å². The maximum absolute atomic E-state index is 7.05. The molecule has 4 aromatic carbocycles. The Hall–Kier alpha value is -3.80. The minimum atomic E-state index is -0.840. The lowest BCUT2D eigenvalue weighted by Gasteiger charge is -2.39. The van der Waals surface area contributed by atoms with Crippen molar-refractivity contribution in [3.63, 3.8) is 0 Å². The van der Waals surface area contributed by atoms with Crippen molar-refractivity contribution < 1.29 is 18.9 Å². The summed E-state index contributed by atoms with van der Waals surface area (Å²) in [6, 6.07) is 41.3. The van der Waals surface area contributed by atoms with Crippen LogP contribution in [0.25, 0.3) is 6.08 Å². The van der Waals surface area contributed by atoms with Crippen LogP contribution >= 0.6 is 0 Å². The molecule has 40 heavy (non-hydrogen) atoms. The zero-order chi connectivity index (χ0) is 27.5. The van der Waals surface area contributed by atoms with E-state index in [1.807, 2.05) is 61.5 Å². The highest BCUT2D eigenvalue weighted by molar-refractivity contribution is 5.49. The molecule has 1 aliphatic heterocycles. The Bertz CT molecular complexity index is 1240. The average Bonchev–Trinajstić information content (AvgIpc) is 3.03. The molecule has 4 aromatic rings. The van der Waals surface area contributed by atoms with E-state index >= 15 is 0 Å². The van der Waals surface area contributed by atoms with E-state index in [0.717, 1.165) is 22.3 Å². The molecule has 0 aliphatic carbocycles. The van der Waals surface area contributed by atoms with E-state index < -0.39 is 11.9 Å². The minimum absolute atomic E-state index is 0.291. The van der Waals surface area contributed by atoms with Crippen molar-refractivity contribution in [1.29, 1.82) is 0 Å². The SMILES string of the molecule is CCO[C@@H]1C=C[C@H](OC/C=C/c2ccccc2)[C@@H](COC(c2ccccc2)(c2ccccc2)c2ccccc2)O1. The minimum Gasteiger partial charge on any atom is -0.367 e. The normalized spacial score (nSPS) is 19.2. The Morgan fingerprint density at radius 1 is 0.675 bits per heavy atom. The molecule has 1 aliphatic rings.